The van der Waals surface area contributed by atoms with Crippen molar-refractivity contribution in [3.63, 3.8) is 0 Å². The average Bonchev–Trinajstić information content (AvgIpc) is 3.20. The first kappa shape index (κ1) is 18.2. The lowest BCUT2D eigenvalue weighted by Gasteiger charge is -2.35. The van der Waals surface area contributed by atoms with Gasteiger partial charge in [0.1, 0.15) is 6.26 Å². The van der Waals surface area contributed by atoms with E-state index in [1.54, 1.807) is 6.07 Å². The van der Waals surface area contributed by atoms with Gasteiger partial charge in [-0.3, -0.25) is 9.59 Å². The summed E-state index contributed by atoms with van der Waals surface area (Å²) < 4.78 is 4.99. The third-order valence-corrected chi connectivity index (χ3v) is 5.00. The van der Waals surface area contributed by atoms with Crippen molar-refractivity contribution in [2.45, 2.75) is 39.3 Å². The molecule has 0 spiro atoms. The van der Waals surface area contributed by atoms with Crippen molar-refractivity contribution in [1.29, 1.82) is 0 Å². The molecule has 1 aromatic carbocycles. The van der Waals surface area contributed by atoms with Gasteiger partial charge < -0.3 is 14.2 Å². The van der Waals surface area contributed by atoms with E-state index >= 15 is 0 Å². The Morgan fingerprint density at radius 3 is 2.42 bits per heavy atom. The van der Waals surface area contributed by atoms with Crippen molar-refractivity contribution in [2.24, 2.45) is 5.92 Å². The molecular weight excluding hydrogens is 328 g/mol. The zero-order valence-corrected chi connectivity index (χ0v) is 15.4. The maximum atomic E-state index is 13.1. The Hall–Kier alpha value is -2.56. The van der Waals surface area contributed by atoms with E-state index in [2.05, 4.69) is 26.0 Å². The van der Waals surface area contributed by atoms with Gasteiger partial charge in [0, 0.05) is 31.6 Å². The molecule has 0 bridgehead atoms. The summed E-state index contributed by atoms with van der Waals surface area (Å²) in [6.07, 6.45) is 4.40. The molecule has 0 N–H and O–H groups in total. The molecule has 0 atom stereocenters. The molecule has 1 aliphatic heterocycles. The van der Waals surface area contributed by atoms with Gasteiger partial charge in [-0.15, -0.1) is 0 Å². The van der Waals surface area contributed by atoms with Crippen molar-refractivity contribution < 1.29 is 14.0 Å². The van der Waals surface area contributed by atoms with E-state index in [0.29, 0.717) is 38.0 Å². The zero-order chi connectivity index (χ0) is 18.5. The van der Waals surface area contributed by atoms with Gasteiger partial charge in [-0.05, 0) is 38.3 Å². The minimum Gasteiger partial charge on any atom is -0.472 e. The van der Waals surface area contributed by atoms with E-state index < -0.39 is 0 Å². The number of hydrogen-bond acceptors (Lipinski definition) is 3. The highest BCUT2D eigenvalue weighted by molar-refractivity contribution is 5.94. The molecular formula is C21H26N2O3. The lowest BCUT2D eigenvalue weighted by atomic mass is 9.94. The summed E-state index contributed by atoms with van der Waals surface area (Å²) >= 11 is 0. The molecule has 1 fully saturated rings. The molecule has 5 nitrogen and oxygen atoms in total. The van der Waals surface area contributed by atoms with Crippen LogP contribution in [0.2, 0.25) is 0 Å². The minimum absolute atomic E-state index is 0.0188. The summed E-state index contributed by atoms with van der Waals surface area (Å²) in [4.78, 5) is 29.2. The van der Waals surface area contributed by atoms with Crippen LogP contribution in [0, 0.1) is 5.92 Å². The van der Waals surface area contributed by atoms with Crippen molar-refractivity contribution in [3.8, 4) is 0 Å². The van der Waals surface area contributed by atoms with E-state index in [1.165, 1.54) is 12.5 Å². The smallest absolute Gasteiger partial charge is 0.257 e. The Labute approximate surface area is 154 Å². The number of carbonyl (C=O) groups is 2. The van der Waals surface area contributed by atoms with Crippen LogP contribution < -0.4 is 0 Å². The van der Waals surface area contributed by atoms with Crippen molar-refractivity contribution in [3.05, 3.63) is 60.1 Å². The van der Waals surface area contributed by atoms with Crippen molar-refractivity contribution in [1.82, 2.24) is 9.80 Å². The summed E-state index contributed by atoms with van der Waals surface area (Å²) in [5, 5.41) is 0. The first-order valence-electron chi connectivity index (χ1n) is 9.22. The van der Waals surface area contributed by atoms with Crippen LogP contribution in [0.25, 0.3) is 0 Å². The molecule has 2 heterocycles. The van der Waals surface area contributed by atoms with E-state index in [9.17, 15) is 9.59 Å². The van der Waals surface area contributed by atoms with Crippen molar-refractivity contribution in [2.75, 3.05) is 13.1 Å². The molecule has 0 saturated carbocycles. The molecule has 5 heteroatoms. The summed E-state index contributed by atoms with van der Waals surface area (Å²) in [7, 11) is 0. The lowest BCUT2D eigenvalue weighted by Crippen LogP contribution is -2.46. The Kier molecular flexibility index (Phi) is 5.76. The molecule has 0 radical (unpaired) electrons. The maximum Gasteiger partial charge on any atom is 0.257 e. The van der Waals surface area contributed by atoms with Crippen LogP contribution in [0.15, 0.2) is 53.3 Å². The average molecular weight is 354 g/mol. The lowest BCUT2D eigenvalue weighted by molar-refractivity contribution is -0.139. The third kappa shape index (κ3) is 4.15. The monoisotopic (exact) mass is 354 g/mol. The van der Waals surface area contributed by atoms with Crippen LogP contribution in [0.5, 0.6) is 0 Å². The molecule has 0 aliphatic carbocycles. The summed E-state index contributed by atoms with van der Waals surface area (Å²) in [6.45, 7) is 5.96. The standard InChI is InChI=1S/C21H26N2O3/c1-16(2)23(14-17-6-4-3-5-7-17)21(25)18-8-11-22(12-9-18)20(24)19-10-13-26-15-19/h3-7,10,13,15-16,18H,8-9,11-12,14H2,1-2H3. The van der Waals surface area contributed by atoms with Crippen LogP contribution in [0.1, 0.15) is 42.6 Å². The van der Waals surface area contributed by atoms with Gasteiger partial charge in [0.15, 0.2) is 0 Å². The Balaban J connectivity index is 1.60. The highest BCUT2D eigenvalue weighted by Crippen LogP contribution is 2.23. The van der Waals surface area contributed by atoms with Crippen LogP contribution in [-0.2, 0) is 11.3 Å². The van der Waals surface area contributed by atoms with Gasteiger partial charge in [-0.2, -0.15) is 0 Å². The van der Waals surface area contributed by atoms with Crippen LogP contribution in [0.3, 0.4) is 0 Å². The molecule has 1 saturated heterocycles. The fraction of sp³-hybridized carbons (Fsp3) is 0.429. The normalized spacial score (nSPS) is 15.3. The highest BCUT2D eigenvalue weighted by Gasteiger charge is 2.31. The predicted molar refractivity (Wildman–Crippen MR) is 99.5 cm³/mol. The predicted octanol–water partition coefficient (Wildman–Crippen LogP) is 3.57. The van der Waals surface area contributed by atoms with Gasteiger partial charge in [0.25, 0.3) is 5.91 Å². The molecule has 3 rings (SSSR count). The number of rotatable bonds is 5. The van der Waals surface area contributed by atoms with Crippen LogP contribution in [0.4, 0.5) is 0 Å². The van der Waals surface area contributed by atoms with E-state index in [4.69, 9.17) is 4.42 Å². The first-order valence-corrected chi connectivity index (χ1v) is 9.22. The summed E-state index contributed by atoms with van der Waals surface area (Å²) in [6, 6.07) is 11.9. The van der Waals surface area contributed by atoms with Gasteiger partial charge in [0.2, 0.25) is 5.91 Å². The molecule has 1 aliphatic rings. The van der Waals surface area contributed by atoms with Gasteiger partial charge in [-0.1, -0.05) is 30.3 Å². The summed E-state index contributed by atoms with van der Waals surface area (Å²) in [5.74, 6) is 0.156. The molecule has 138 valence electrons. The third-order valence-electron chi connectivity index (χ3n) is 5.00. The Bertz CT molecular complexity index is 717. The van der Waals surface area contributed by atoms with E-state index in [1.807, 2.05) is 28.0 Å². The van der Waals surface area contributed by atoms with E-state index in [-0.39, 0.29) is 23.8 Å². The topological polar surface area (TPSA) is 53.8 Å². The summed E-state index contributed by atoms with van der Waals surface area (Å²) in [5.41, 5.74) is 1.71. The number of furan rings is 1. The second-order valence-electron chi connectivity index (χ2n) is 7.12. The number of piperidine rings is 1. The first-order chi connectivity index (χ1) is 12.6. The van der Waals surface area contributed by atoms with Gasteiger partial charge in [0.05, 0.1) is 11.8 Å². The number of amides is 2. The van der Waals surface area contributed by atoms with Crippen LogP contribution in [-0.4, -0.2) is 40.7 Å². The Morgan fingerprint density at radius 1 is 1.15 bits per heavy atom. The zero-order valence-electron chi connectivity index (χ0n) is 15.4. The van der Waals surface area contributed by atoms with E-state index in [0.717, 1.165) is 5.56 Å². The Morgan fingerprint density at radius 2 is 1.85 bits per heavy atom. The number of hydrogen-bond donors (Lipinski definition) is 0. The number of carbonyl (C=O) groups excluding carboxylic acids is 2. The number of likely N-dealkylation sites (tertiary alicyclic amines) is 1. The molecule has 1 aromatic heterocycles. The van der Waals surface area contributed by atoms with Gasteiger partial charge >= 0.3 is 0 Å². The largest absolute Gasteiger partial charge is 0.472 e. The molecule has 2 amide bonds. The van der Waals surface area contributed by atoms with Crippen LogP contribution >= 0.6 is 0 Å². The fourth-order valence-corrected chi connectivity index (χ4v) is 3.43. The molecule has 0 unspecified atom stereocenters. The second-order valence-corrected chi connectivity index (χ2v) is 7.12. The van der Waals surface area contributed by atoms with Gasteiger partial charge in [-0.25, -0.2) is 0 Å². The van der Waals surface area contributed by atoms with Crippen molar-refractivity contribution >= 4 is 11.8 Å². The number of nitrogens with zero attached hydrogens (tertiary/aromatic N) is 2. The molecule has 26 heavy (non-hydrogen) atoms. The number of benzene rings is 1. The minimum atomic E-state index is -0.0190. The quantitative estimate of drug-likeness (QED) is 0.825. The SMILES string of the molecule is CC(C)N(Cc1ccccc1)C(=O)C1CCN(C(=O)c2ccoc2)CC1. The second kappa shape index (κ2) is 8.21. The fourth-order valence-electron chi connectivity index (χ4n) is 3.43. The molecule has 2 aromatic rings. The highest BCUT2D eigenvalue weighted by atomic mass is 16.3. The maximum absolute atomic E-state index is 13.1.